The molecular weight excluding hydrogens is 586 g/mol. The molecule has 2 aromatic heterocycles. The van der Waals surface area contributed by atoms with Gasteiger partial charge in [-0.1, -0.05) is 18.2 Å². The van der Waals surface area contributed by atoms with Gasteiger partial charge in [0.1, 0.15) is 35.9 Å². The number of thioether (sulfide) groups is 1. The predicted octanol–water partition coefficient (Wildman–Crippen LogP) is 7.54. The minimum atomic E-state index is -1.52. The number of imidazole rings is 1. The van der Waals surface area contributed by atoms with Crippen LogP contribution < -0.4 is 9.47 Å². The molecule has 0 radical (unpaired) electrons. The van der Waals surface area contributed by atoms with E-state index in [0.29, 0.717) is 27.2 Å². The van der Waals surface area contributed by atoms with Crippen molar-refractivity contribution in [1.29, 1.82) is 0 Å². The number of hydrogen-bond donors (Lipinski definition) is 3. The number of halogens is 4. The van der Waals surface area contributed by atoms with Gasteiger partial charge in [-0.15, -0.1) is 11.8 Å². The maximum Gasteiger partial charge on any atom is 0.303 e. The first-order chi connectivity index (χ1) is 20.6. The Morgan fingerprint density at radius 2 is 2.00 bits per heavy atom. The van der Waals surface area contributed by atoms with Crippen LogP contribution in [0, 0.1) is 17.5 Å². The van der Waals surface area contributed by atoms with Gasteiger partial charge >= 0.3 is 5.97 Å². The minimum absolute atomic E-state index is 0.0143. The van der Waals surface area contributed by atoms with E-state index in [-0.39, 0.29) is 53.5 Å². The van der Waals surface area contributed by atoms with E-state index in [2.05, 4.69) is 15.0 Å². The molecule has 3 aromatic carbocycles. The molecule has 5 aromatic rings. The van der Waals surface area contributed by atoms with Crippen LogP contribution in [0.15, 0.2) is 59.8 Å². The van der Waals surface area contributed by atoms with Crippen LogP contribution in [0.4, 0.5) is 17.6 Å². The number of aromatic amines is 2. The van der Waals surface area contributed by atoms with Crippen molar-refractivity contribution in [2.24, 2.45) is 0 Å². The van der Waals surface area contributed by atoms with E-state index in [1.165, 1.54) is 36.3 Å². The van der Waals surface area contributed by atoms with Crippen molar-refractivity contribution >= 4 is 28.6 Å². The second-order valence-electron chi connectivity index (χ2n) is 10.3. The highest BCUT2D eigenvalue weighted by Gasteiger charge is 2.46. The lowest BCUT2D eigenvalue weighted by atomic mass is 9.73. The molecule has 2 atom stereocenters. The lowest BCUT2D eigenvalue weighted by Gasteiger charge is -2.38. The monoisotopic (exact) mass is 611 g/mol. The number of carbonyl (C=O) groups is 1. The van der Waals surface area contributed by atoms with Gasteiger partial charge in [0.15, 0.2) is 11.6 Å². The maximum atomic E-state index is 15.6. The first kappa shape index (κ1) is 28.7. The third kappa shape index (κ3) is 4.79. The zero-order chi connectivity index (χ0) is 30.5. The first-order valence-electron chi connectivity index (χ1n) is 13.3. The van der Waals surface area contributed by atoms with E-state index >= 15 is 13.2 Å². The fourth-order valence-corrected chi connectivity index (χ4v) is 6.16. The molecule has 12 heteroatoms. The van der Waals surface area contributed by atoms with Crippen LogP contribution in [0.5, 0.6) is 17.2 Å². The van der Waals surface area contributed by atoms with E-state index < -0.39 is 35.0 Å². The Morgan fingerprint density at radius 3 is 2.77 bits per heavy atom. The first-order valence-corrected chi connectivity index (χ1v) is 14.5. The predicted molar refractivity (Wildman–Crippen MR) is 153 cm³/mol. The fraction of sp³-hybridized carbons (Fsp3) is 0.226. The Morgan fingerprint density at radius 1 is 1.19 bits per heavy atom. The molecule has 0 saturated heterocycles. The van der Waals surface area contributed by atoms with Crippen molar-refractivity contribution in [3.05, 3.63) is 89.1 Å². The fourth-order valence-electron chi connectivity index (χ4n) is 5.45. The van der Waals surface area contributed by atoms with Crippen molar-refractivity contribution in [3.8, 4) is 28.6 Å². The van der Waals surface area contributed by atoms with Gasteiger partial charge in [0.2, 0.25) is 5.82 Å². The molecule has 7 nitrogen and oxygen atoms in total. The Balaban J connectivity index is 1.37. The number of para-hydroxylation sites is 1. The summed E-state index contributed by atoms with van der Waals surface area (Å²) < 4.78 is 72.1. The zero-order valence-corrected chi connectivity index (χ0v) is 23.8. The molecule has 0 bridgehead atoms. The van der Waals surface area contributed by atoms with Gasteiger partial charge in [-0.3, -0.25) is 4.79 Å². The van der Waals surface area contributed by atoms with Gasteiger partial charge in [-0.2, -0.15) is 4.39 Å². The van der Waals surface area contributed by atoms with E-state index in [1.807, 2.05) is 0 Å². The smallest absolute Gasteiger partial charge is 0.303 e. The number of rotatable bonds is 8. The summed E-state index contributed by atoms with van der Waals surface area (Å²) in [6.07, 6.45) is 3.25. The zero-order valence-electron chi connectivity index (χ0n) is 22.9. The molecule has 0 aliphatic carbocycles. The Kier molecular flexibility index (Phi) is 7.33. The standard InChI is InChI=1S/C31H25F4N3O4S/c1-31(19-5-3-4-15(6-9-23(39)40)27(19)41-14-21(31)33)22-13-37-30(38-22)18-12-16(7-8-20(18)32)42-28-25(35)24(34)26-17(10-11-36-26)29(28)43-2/h3-5,7-8,10-13,21,36H,6,9,14H2,1-2H3,(H,37,38)(H,39,40). The second-order valence-corrected chi connectivity index (χ2v) is 11.1. The summed E-state index contributed by atoms with van der Waals surface area (Å²) in [4.78, 5) is 21.7. The average Bonchev–Trinajstić information content (AvgIpc) is 3.69. The summed E-state index contributed by atoms with van der Waals surface area (Å²) in [5.41, 5.74) is 0.0885. The third-order valence-corrected chi connectivity index (χ3v) is 8.61. The number of fused-ring (bicyclic) bond motifs is 2. The number of aryl methyl sites for hydroxylation is 1. The van der Waals surface area contributed by atoms with Crippen molar-refractivity contribution < 1.29 is 36.9 Å². The summed E-state index contributed by atoms with van der Waals surface area (Å²) in [5.74, 6) is -3.74. The maximum absolute atomic E-state index is 15.6. The van der Waals surface area contributed by atoms with Gasteiger partial charge < -0.3 is 24.5 Å². The minimum Gasteiger partial charge on any atom is -0.490 e. The van der Waals surface area contributed by atoms with Crippen molar-refractivity contribution in [2.75, 3.05) is 12.9 Å². The van der Waals surface area contributed by atoms with Crippen molar-refractivity contribution in [1.82, 2.24) is 15.0 Å². The van der Waals surface area contributed by atoms with Crippen LogP contribution in [0.25, 0.3) is 22.3 Å². The number of hydrogen-bond acceptors (Lipinski definition) is 5. The normalized spacial score (nSPS) is 18.0. The molecule has 0 fully saturated rings. The molecule has 1 aliphatic rings. The average molecular weight is 612 g/mol. The number of aliphatic carboxylic acids is 1. The van der Waals surface area contributed by atoms with Crippen LogP contribution in [-0.4, -0.2) is 45.1 Å². The third-order valence-electron chi connectivity index (χ3n) is 7.80. The summed E-state index contributed by atoms with van der Waals surface area (Å²) in [6, 6.07) is 10.5. The number of H-pyrrole nitrogens is 2. The molecule has 6 rings (SSSR count). The van der Waals surface area contributed by atoms with Gasteiger partial charge in [-0.05, 0) is 49.4 Å². The highest BCUT2D eigenvalue weighted by Crippen LogP contribution is 2.47. The number of aromatic nitrogens is 3. The quantitative estimate of drug-likeness (QED) is 0.124. The lowest BCUT2D eigenvalue weighted by Crippen LogP contribution is -2.43. The van der Waals surface area contributed by atoms with Gasteiger partial charge in [0.05, 0.1) is 27.1 Å². The largest absolute Gasteiger partial charge is 0.490 e. The number of ether oxygens (including phenoxy) is 2. The molecule has 0 amide bonds. The van der Waals surface area contributed by atoms with Crippen molar-refractivity contribution in [2.45, 2.75) is 36.2 Å². The van der Waals surface area contributed by atoms with Crippen LogP contribution >= 0.6 is 11.8 Å². The highest BCUT2D eigenvalue weighted by molar-refractivity contribution is 7.99. The molecule has 3 N–H and O–H groups in total. The summed E-state index contributed by atoms with van der Waals surface area (Å²) in [6.45, 7) is 1.38. The molecule has 43 heavy (non-hydrogen) atoms. The van der Waals surface area contributed by atoms with E-state index in [9.17, 15) is 9.18 Å². The Labute approximate surface area is 247 Å². The van der Waals surface area contributed by atoms with Crippen LogP contribution in [0.3, 0.4) is 0 Å². The van der Waals surface area contributed by atoms with Crippen LogP contribution in [0.1, 0.15) is 30.2 Å². The number of benzene rings is 3. The SMILES string of the molecule is CSc1c(Oc2ccc(F)c(-c3nc(C4(C)c5cccc(CCC(=O)O)c5OCC4F)c[nH]3)c2)c(F)c(F)c2[nH]ccc12. The lowest BCUT2D eigenvalue weighted by molar-refractivity contribution is -0.136. The van der Waals surface area contributed by atoms with Gasteiger partial charge in [0.25, 0.3) is 0 Å². The topological polar surface area (TPSA) is 100 Å². The Hall–Kier alpha value is -4.45. The van der Waals surface area contributed by atoms with Crippen LogP contribution in [-0.2, 0) is 16.6 Å². The highest BCUT2D eigenvalue weighted by atomic mass is 32.2. The molecule has 2 unspecified atom stereocenters. The van der Waals surface area contributed by atoms with E-state index in [4.69, 9.17) is 14.6 Å². The number of carboxylic acids is 1. The molecule has 0 saturated carbocycles. The summed E-state index contributed by atoms with van der Waals surface area (Å²) >= 11 is 1.17. The van der Waals surface area contributed by atoms with E-state index in [0.717, 1.165) is 6.07 Å². The Bertz CT molecular complexity index is 1870. The van der Waals surface area contributed by atoms with Gasteiger partial charge in [-0.25, -0.2) is 18.2 Å². The van der Waals surface area contributed by atoms with E-state index in [1.54, 1.807) is 37.4 Å². The molecule has 222 valence electrons. The van der Waals surface area contributed by atoms with Gasteiger partial charge in [0, 0.05) is 29.8 Å². The number of alkyl halides is 1. The molecule has 3 heterocycles. The molecular formula is C31H25F4N3O4S. The summed E-state index contributed by atoms with van der Waals surface area (Å²) in [7, 11) is 0. The number of nitrogens with one attached hydrogen (secondary N) is 2. The number of nitrogens with zero attached hydrogens (tertiary/aromatic N) is 1. The molecule has 0 spiro atoms. The van der Waals surface area contributed by atoms with Crippen molar-refractivity contribution in [3.63, 3.8) is 0 Å². The number of carboxylic acid groups (broad SMARTS) is 1. The molecule has 1 aliphatic heterocycles. The second kappa shape index (κ2) is 11.0. The van der Waals surface area contributed by atoms with Crippen LogP contribution in [0.2, 0.25) is 0 Å². The summed E-state index contributed by atoms with van der Waals surface area (Å²) in [5, 5.41) is 9.57.